The van der Waals surface area contributed by atoms with E-state index in [1.807, 2.05) is 0 Å². The van der Waals surface area contributed by atoms with Gasteiger partial charge >= 0.3 is 12.1 Å². The fourth-order valence-electron chi connectivity index (χ4n) is 1.93. The van der Waals surface area contributed by atoms with E-state index in [1.165, 1.54) is 6.20 Å². The van der Waals surface area contributed by atoms with Gasteiger partial charge in [0.15, 0.2) is 5.78 Å². The molecule has 138 valence electrons. The molecule has 8 heteroatoms. The summed E-state index contributed by atoms with van der Waals surface area (Å²) in [4.78, 5) is 39.5. The largest absolute Gasteiger partial charge is 0.464 e. The van der Waals surface area contributed by atoms with Crippen LogP contribution in [0.25, 0.3) is 0 Å². The van der Waals surface area contributed by atoms with Gasteiger partial charge in [-0.15, -0.1) is 0 Å². The van der Waals surface area contributed by atoms with Crippen LogP contribution < -0.4 is 5.32 Å². The zero-order chi connectivity index (χ0) is 19.0. The Morgan fingerprint density at radius 3 is 2.52 bits per heavy atom. The van der Waals surface area contributed by atoms with Crippen LogP contribution in [0, 0.1) is 5.82 Å². The molecule has 7 nitrogen and oxygen atoms in total. The molecule has 0 saturated carbocycles. The molecular formula is C17H23FN2O5. The zero-order valence-electron chi connectivity index (χ0n) is 14.8. The van der Waals surface area contributed by atoms with E-state index in [9.17, 15) is 18.8 Å². The van der Waals surface area contributed by atoms with Crippen LogP contribution >= 0.6 is 0 Å². The third-order valence-corrected chi connectivity index (χ3v) is 2.95. The van der Waals surface area contributed by atoms with Crippen LogP contribution in [0.3, 0.4) is 0 Å². The van der Waals surface area contributed by atoms with Crippen molar-refractivity contribution in [3.05, 3.63) is 29.8 Å². The molecule has 0 fully saturated rings. The van der Waals surface area contributed by atoms with Crippen LogP contribution in [0.4, 0.5) is 9.18 Å². The van der Waals surface area contributed by atoms with Crippen molar-refractivity contribution in [2.75, 3.05) is 6.61 Å². The van der Waals surface area contributed by atoms with E-state index in [-0.39, 0.29) is 25.0 Å². The van der Waals surface area contributed by atoms with Gasteiger partial charge in [0, 0.05) is 18.2 Å². The summed E-state index contributed by atoms with van der Waals surface area (Å²) in [7, 11) is 0. The SMILES string of the molecule is CCOC(=O)[C@H](CCC(=O)c1cncc(F)c1)NC(=O)OC(C)(C)C. The fourth-order valence-corrected chi connectivity index (χ4v) is 1.93. The van der Waals surface area contributed by atoms with Gasteiger partial charge in [-0.3, -0.25) is 9.78 Å². The standard InChI is InChI=1S/C17H23FN2O5/c1-5-24-15(22)13(20-16(23)25-17(2,3)4)6-7-14(21)11-8-12(18)10-19-9-11/h8-10,13H,5-7H2,1-4H3,(H,20,23)/t13-/m0/s1. The van der Waals surface area contributed by atoms with Crippen molar-refractivity contribution >= 4 is 17.8 Å². The maximum Gasteiger partial charge on any atom is 0.408 e. The second kappa shape index (κ2) is 9.10. The molecule has 1 aromatic heterocycles. The third-order valence-electron chi connectivity index (χ3n) is 2.95. The minimum Gasteiger partial charge on any atom is -0.464 e. The lowest BCUT2D eigenvalue weighted by atomic mass is 10.0. The van der Waals surface area contributed by atoms with Crippen LogP contribution in [-0.2, 0) is 14.3 Å². The van der Waals surface area contributed by atoms with Gasteiger partial charge in [0.1, 0.15) is 17.5 Å². The molecule has 0 aliphatic rings. The van der Waals surface area contributed by atoms with Crippen molar-refractivity contribution in [2.24, 2.45) is 0 Å². The number of hydrogen-bond acceptors (Lipinski definition) is 6. The summed E-state index contributed by atoms with van der Waals surface area (Å²) in [5.74, 6) is -1.69. The predicted molar refractivity (Wildman–Crippen MR) is 87.6 cm³/mol. The summed E-state index contributed by atoms with van der Waals surface area (Å²) >= 11 is 0. The highest BCUT2D eigenvalue weighted by Crippen LogP contribution is 2.11. The second-order valence-corrected chi connectivity index (χ2v) is 6.30. The first-order valence-corrected chi connectivity index (χ1v) is 7.92. The number of Topliss-reactive ketones (excluding diaryl/α,β-unsaturated/α-hetero) is 1. The number of halogens is 1. The van der Waals surface area contributed by atoms with Gasteiger partial charge in [-0.05, 0) is 40.2 Å². The van der Waals surface area contributed by atoms with Crippen molar-refractivity contribution in [2.45, 2.75) is 52.2 Å². The highest BCUT2D eigenvalue weighted by Gasteiger charge is 2.26. The number of rotatable bonds is 7. The summed E-state index contributed by atoms with van der Waals surface area (Å²) in [5, 5.41) is 2.40. The Morgan fingerprint density at radius 1 is 1.28 bits per heavy atom. The number of amides is 1. The van der Waals surface area contributed by atoms with Crippen molar-refractivity contribution in [3.63, 3.8) is 0 Å². The average Bonchev–Trinajstić information content (AvgIpc) is 2.49. The van der Waals surface area contributed by atoms with E-state index in [0.717, 1.165) is 12.3 Å². The molecule has 0 bridgehead atoms. The molecule has 0 spiro atoms. The van der Waals surface area contributed by atoms with Crippen molar-refractivity contribution in [3.8, 4) is 0 Å². The Morgan fingerprint density at radius 2 is 1.96 bits per heavy atom. The van der Waals surface area contributed by atoms with Crippen LogP contribution in [0.15, 0.2) is 18.5 Å². The molecule has 1 heterocycles. The molecule has 0 aliphatic heterocycles. The maximum atomic E-state index is 13.1. The van der Waals surface area contributed by atoms with Gasteiger partial charge in [0.05, 0.1) is 12.8 Å². The average molecular weight is 354 g/mol. The first-order valence-electron chi connectivity index (χ1n) is 7.92. The molecule has 0 unspecified atom stereocenters. The number of pyridine rings is 1. The lowest BCUT2D eigenvalue weighted by Gasteiger charge is -2.22. The quantitative estimate of drug-likeness (QED) is 0.597. The van der Waals surface area contributed by atoms with E-state index >= 15 is 0 Å². The smallest absolute Gasteiger partial charge is 0.408 e. The zero-order valence-corrected chi connectivity index (χ0v) is 14.8. The molecule has 0 saturated heterocycles. The molecule has 1 rings (SSSR count). The molecular weight excluding hydrogens is 331 g/mol. The number of ketones is 1. The first-order chi connectivity index (χ1) is 11.6. The normalized spacial score (nSPS) is 12.2. The van der Waals surface area contributed by atoms with Gasteiger partial charge in [0.2, 0.25) is 0 Å². The number of ether oxygens (including phenoxy) is 2. The second-order valence-electron chi connectivity index (χ2n) is 6.30. The molecule has 25 heavy (non-hydrogen) atoms. The third kappa shape index (κ3) is 7.73. The minimum atomic E-state index is -1.04. The van der Waals surface area contributed by atoms with Gasteiger partial charge in [-0.2, -0.15) is 0 Å². The van der Waals surface area contributed by atoms with E-state index in [4.69, 9.17) is 9.47 Å². The van der Waals surface area contributed by atoms with E-state index < -0.39 is 35.3 Å². The van der Waals surface area contributed by atoms with Crippen LogP contribution in [0.1, 0.15) is 50.9 Å². The molecule has 1 aromatic rings. The van der Waals surface area contributed by atoms with Gasteiger partial charge in [0.25, 0.3) is 0 Å². The van der Waals surface area contributed by atoms with Crippen LogP contribution in [0.2, 0.25) is 0 Å². The molecule has 0 radical (unpaired) electrons. The summed E-state index contributed by atoms with van der Waals surface area (Å²) in [5.41, 5.74) is -0.633. The highest BCUT2D eigenvalue weighted by molar-refractivity contribution is 5.96. The molecule has 0 aliphatic carbocycles. The van der Waals surface area contributed by atoms with Gasteiger partial charge in [-0.25, -0.2) is 14.0 Å². The minimum absolute atomic E-state index is 0.00652. The van der Waals surface area contributed by atoms with E-state index in [2.05, 4.69) is 10.3 Å². The number of aromatic nitrogens is 1. The van der Waals surface area contributed by atoms with Crippen LogP contribution in [-0.4, -0.2) is 41.1 Å². The summed E-state index contributed by atoms with van der Waals surface area (Å²) in [6, 6.07) is 0.0241. The summed E-state index contributed by atoms with van der Waals surface area (Å²) in [6.07, 6.45) is 1.34. The van der Waals surface area contributed by atoms with Crippen molar-refractivity contribution in [1.82, 2.24) is 10.3 Å². The van der Waals surface area contributed by atoms with Gasteiger partial charge < -0.3 is 14.8 Å². The number of nitrogens with zero attached hydrogens (tertiary/aromatic N) is 1. The number of alkyl carbamates (subject to hydrolysis) is 1. The Balaban J connectivity index is 2.72. The Hall–Kier alpha value is -2.51. The highest BCUT2D eigenvalue weighted by atomic mass is 19.1. The number of hydrogen-bond donors (Lipinski definition) is 1. The molecule has 0 aromatic carbocycles. The Bertz CT molecular complexity index is 628. The lowest BCUT2D eigenvalue weighted by molar-refractivity contribution is -0.145. The maximum absolute atomic E-state index is 13.1. The van der Waals surface area contributed by atoms with E-state index in [1.54, 1.807) is 27.7 Å². The number of esters is 1. The fraction of sp³-hybridized carbons (Fsp3) is 0.529. The molecule has 1 amide bonds. The summed E-state index contributed by atoms with van der Waals surface area (Å²) in [6.45, 7) is 6.82. The van der Waals surface area contributed by atoms with E-state index in [0.29, 0.717) is 0 Å². The molecule has 1 atom stereocenters. The summed E-state index contributed by atoms with van der Waals surface area (Å²) < 4.78 is 23.1. The molecule has 1 N–H and O–H groups in total. The first kappa shape index (κ1) is 20.5. The predicted octanol–water partition coefficient (Wildman–Crippen LogP) is 2.64. The van der Waals surface area contributed by atoms with Gasteiger partial charge in [-0.1, -0.05) is 0 Å². The number of carbonyl (C=O) groups excluding carboxylic acids is 3. The Labute approximate surface area is 145 Å². The lowest BCUT2D eigenvalue weighted by Crippen LogP contribution is -2.44. The van der Waals surface area contributed by atoms with Crippen molar-refractivity contribution in [1.29, 1.82) is 0 Å². The van der Waals surface area contributed by atoms with Crippen LogP contribution in [0.5, 0.6) is 0 Å². The van der Waals surface area contributed by atoms with Crippen molar-refractivity contribution < 1.29 is 28.2 Å². The monoisotopic (exact) mass is 354 g/mol. The number of carbonyl (C=O) groups is 3. The number of nitrogens with one attached hydrogen (secondary N) is 1. The Kier molecular flexibility index (Phi) is 7.47. The topological polar surface area (TPSA) is 94.6 Å².